The fourth-order valence-electron chi connectivity index (χ4n) is 2.05. The molecule has 1 N–H and O–H groups in total. The van der Waals surface area contributed by atoms with Gasteiger partial charge in [0.15, 0.2) is 0 Å². The molecule has 106 valence electrons. The first-order valence-corrected chi connectivity index (χ1v) is 7.95. The number of rotatable bonds is 6. The van der Waals surface area contributed by atoms with Crippen molar-refractivity contribution in [1.29, 1.82) is 0 Å². The van der Waals surface area contributed by atoms with Gasteiger partial charge in [0.25, 0.3) is 0 Å². The summed E-state index contributed by atoms with van der Waals surface area (Å²) in [6.45, 7) is 6.63. The Morgan fingerprint density at radius 3 is 2.55 bits per heavy atom. The van der Waals surface area contributed by atoms with Gasteiger partial charge in [-0.2, -0.15) is 0 Å². The fraction of sp³-hybridized carbons (Fsp3) is 0.294. The highest BCUT2D eigenvalue weighted by Gasteiger charge is 2.07. The van der Waals surface area contributed by atoms with E-state index < -0.39 is 0 Å². The predicted molar refractivity (Wildman–Crippen MR) is 92.1 cm³/mol. The molecule has 0 atom stereocenters. The van der Waals surface area contributed by atoms with Gasteiger partial charge < -0.3 is 10.1 Å². The molecule has 0 aliphatic carbocycles. The maximum atomic E-state index is 6.05. The lowest BCUT2D eigenvalue weighted by molar-refractivity contribution is 0.300. The van der Waals surface area contributed by atoms with Gasteiger partial charge in [0.1, 0.15) is 12.4 Å². The quantitative estimate of drug-likeness (QED) is 0.754. The third kappa shape index (κ3) is 4.21. The standard InChI is InChI=1S/C17H20INO/c1-3-19-11-15-6-4-5-13(2)17(15)20-12-14-7-9-16(18)10-8-14/h4-10,19H,3,11-12H2,1-2H3. The largest absolute Gasteiger partial charge is 0.488 e. The van der Waals surface area contributed by atoms with Gasteiger partial charge in [-0.1, -0.05) is 37.3 Å². The number of benzene rings is 2. The van der Waals surface area contributed by atoms with Crippen LogP contribution in [0.1, 0.15) is 23.6 Å². The highest BCUT2D eigenvalue weighted by molar-refractivity contribution is 14.1. The monoisotopic (exact) mass is 381 g/mol. The molecule has 0 radical (unpaired) electrons. The van der Waals surface area contributed by atoms with Crippen LogP contribution in [0.2, 0.25) is 0 Å². The van der Waals surface area contributed by atoms with Gasteiger partial charge in [-0.3, -0.25) is 0 Å². The molecule has 3 heteroatoms. The molecule has 0 aliphatic heterocycles. The third-order valence-corrected chi connectivity index (χ3v) is 3.87. The van der Waals surface area contributed by atoms with Gasteiger partial charge in [0.05, 0.1) is 0 Å². The van der Waals surface area contributed by atoms with Crippen LogP contribution in [0.5, 0.6) is 5.75 Å². The molecular weight excluding hydrogens is 361 g/mol. The highest BCUT2D eigenvalue weighted by Crippen LogP contribution is 2.24. The second-order valence-corrected chi connectivity index (χ2v) is 6.00. The Morgan fingerprint density at radius 1 is 1.10 bits per heavy atom. The summed E-state index contributed by atoms with van der Waals surface area (Å²) in [4.78, 5) is 0. The summed E-state index contributed by atoms with van der Waals surface area (Å²) in [5.74, 6) is 1.01. The van der Waals surface area contributed by atoms with Gasteiger partial charge in [-0.25, -0.2) is 0 Å². The van der Waals surface area contributed by atoms with Gasteiger partial charge in [-0.15, -0.1) is 0 Å². The molecule has 0 fully saturated rings. The van der Waals surface area contributed by atoms with E-state index >= 15 is 0 Å². The van der Waals surface area contributed by atoms with Crippen molar-refractivity contribution >= 4 is 22.6 Å². The summed E-state index contributed by atoms with van der Waals surface area (Å²) in [5.41, 5.74) is 3.60. The van der Waals surface area contributed by atoms with E-state index in [2.05, 4.69) is 84.2 Å². The zero-order valence-electron chi connectivity index (χ0n) is 11.9. The summed E-state index contributed by atoms with van der Waals surface area (Å²) in [6, 6.07) is 14.7. The van der Waals surface area contributed by atoms with E-state index in [-0.39, 0.29) is 0 Å². The number of hydrogen-bond acceptors (Lipinski definition) is 2. The maximum Gasteiger partial charge on any atom is 0.127 e. The summed E-state index contributed by atoms with van der Waals surface area (Å²) in [7, 11) is 0. The van der Waals surface area contributed by atoms with Crippen LogP contribution in [-0.4, -0.2) is 6.54 Å². The number of aryl methyl sites for hydroxylation is 1. The van der Waals surface area contributed by atoms with Crippen molar-refractivity contribution in [3.05, 3.63) is 62.7 Å². The molecule has 0 saturated heterocycles. The lowest BCUT2D eigenvalue weighted by Gasteiger charge is -2.14. The first-order chi connectivity index (χ1) is 9.70. The van der Waals surface area contributed by atoms with Gasteiger partial charge in [0, 0.05) is 15.7 Å². The SMILES string of the molecule is CCNCc1cccc(C)c1OCc1ccc(I)cc1. The molecular formula is C17H20INO. The molecule has 20 heavy (non-hydrogen) atoms. The minimum absolute atomic E-state index is 0.612. The number of hydrogen-bond donors (Lipinski definition) is 1. The van der Waals surface area contributed by atoms with Crippen LogP contribution >= 0.6 is 22.6 Å². The van der Waals surface area contributed by atoms with E-state index in [1.807, 2.05) is 0 Å². The maximum absolute atomic E-state index is 6.05. The molecule has 0 bridgehead atoms. The van der Waals surface area contributed by atoms with E-state index in [9.17, 15) is 0 Å². The van der Waals surface area contributed by atoms with Crippen LogP contribution < -0.4 is 10.1 Å². The van der Waals surface area contributed by atoms with E-state index in [0.29, 0.717) is 6.61 Å². The summed E-state index contributed by atoms with van der Waals surface area (Å²) >= 11 is 2.31. The Morgan fingerprint density at radius 2 is 1.85 bits per heavy atom. The molecule has 2 aromatic carbocycles. The Hall–Kier alpha value is -1.07. The lowest BCUT2D eigenvalue weighted by atomic mass is 10.1. The fourth-order valence-corrected chi connectivity index (χ4v) is 2.41. The Bertz CT molecular complexity index is 551. The van der Waals surface area contributed by atoms with E-state index in [0.717, 1.165) is 18.8 Å². The average molecular weight is 381 g/mol. The van der Waals surface area contributed by atoms with Crippen LogP contribution in [0.15, 0.2) is 42.5 Å². The van der Waals surface area contributed by atoms with E-state index in [4.69, 9.17) is 4.74 Å². The number of halogens is 1. The van der Waals surface area contributed by atoms with Crippen molar-refractivity contribution < 1.29 is 4.74 Å². The van der Waals surface area contributed by atoms with Crippen LogP contribution in [0.25, 0.3) is 0 Å². The predicted octanol–water partition coefficient (Wildman–Crippen LogP) is 4.29. The molecule has 0 heterocycles. The molecule has 0 aliphatic rings. The van der Waals surface area contributed by atoms with Crippen LogP contribution in [-0.2, 0) is 13.2 Å². The minimum Gasteiger partial charge on any atom is -0.488 e. The van der Waals surface area contributed by atoms with Crippen molar-refractivity contribution in [2.24, 2.45) is 0 Å². The second kappa shape index (κ2) is 7.64. The second-order valence-electron chi connectivity index (χ2n) is 4.76. The highest BCUT2D eigenvalue weighted by atomic mass is 127. The molecule has 0 aromatic heterocycles. The first kappa shape index (κ1) is 15.3. The molecule has 2 nitrogen and oxygen atoms in total. The number of ether oxygens (including phenoxy) is 1. The van der Waals surface area contributed by atoms with Crippen molar-refractivity contribution in [1.82, 2.24) is 5.32 Å². The first-order valence-electron chi connectivity index (χ1n) is 6.87. The minimum atomic E-state index is 0.612. The average Bonchev–Trinajstić information content (AvgIpc) is 2.46. The summed E-state index contributed by atoms with van der Waals surface area (Å²) < 4.78 is 7.29. The van der Waals surface area contributed by atoms with Crippen LogP contribution in [0, 0.1) is 10.5 Å². The van der Waals surface area contributed by atoms with Gasteiger partial charge in [-0.05, 0) is 59.3 Å². The molecule has 0 amide bonds. The Labute approximate surface area is 134 Å². The Balaban J connectivity index is 2.09. The zero-order valence-corrected chi connectivity index (χ0v) is 14.1. The molecule has 0 saturated carbocycles. The normalized spacial score (nSPS) is 10.6. The molecule has 0 unspecified atom stereocenters. The topological polar surface area (TPSA) is 21.3 Å². The van der Waals surface area contributed by atoms with Crippen molar-refractivity contribution in [3.8, 4) is 5.75 Å². The molecule has 2 rings (SSSR count). The number of nitrogens with one attached hydrogen (secondary N) is 1. The summed E-state index contributed by atoms with van der Waals surface area (Å²) in [6.07, 6.45) is 0. The van der Waals surface area contributed by atoms with E-state index in [1.165, 1.54) is 20.3 Å². The van der Waals surface area contributed by atoms with Gasteiger partial charge in [0.2, 0.25) is 0 Å². The van der Waals surface area contributed by atoms with Crippen molar-refractivity contribution in [2.45, 2.75) is 27.0 Å². The van der Waals surface area contributed by atoms with Gasteiger partial charge >= 0.3 is 0 Å². The van der Waals surface area contributed by atoms with Crippen LogP contribution in [0.3, 0.4) is 0 Å². The summed E-state index contributed by atoms with van der Waals surface area (Å²) in [5, 5.41) is 3.36. The Kier molecular flexibility index (Phi) is 5.86. The molecule has 0 spiro atoms. The number of para-hydroxylation sites is 1. The lowest BCUT2D eigenvalue weighted by Crippen LogP contribution is -2.13. The molecule has 2 aromatic rings. The van der Waals surface area contributed by atoms with E-state index in [1.54, 1.807) is 0 Å². The third-order valence-electron chi connectivity index (χ3n) is 3.16. The van der Waals surface area contributed by atoms with Crippen LogP contribution in [0.4, 0.5) is 0 Å². The zero-order chi connectivity index (χ0) is 14.4. The van der Waals surface area contributed by atoms with Crippen molar-refractivity contribution in [3.63, 3.8) is 0 Å². The smallest absolute Gasteiger partial charge is 0.127 e. The van der Waals surface area contributed by atoms with Crippen molar-refractivity contribution in [2.75, 3.05) is 6.54 Å².